The van der Waals surface area contributed by atoms with Crippen molar-refractivity contribution in [2.75, 3.05) is 11.2 Å². The number of rotatable bonds is 8. The number of para-hydroxylation sites is 2. The fourth-order valence-corrected chi connectivity index (χ4v) is 3.29. The van der Waals surface area contributed by atoms with E-state index in [0.717, 1.165) is 16.4 Å². The quantitative estimate of drug-likeness (QED) is 0.231. The van der Waals surface area contributed by atoms with Gasteiger partial charge in [0.25, 0.3) is 5.69 Å². The number of nitro groups is 1. The predicted octanol–water partition coefficient (Wildman–Crippen LogP) is 3.29. The normalized spacial score (nSPS) is 11.9. The fraction of sp³-hybridized carbons (Fsp3) is 0.167. The molecule has 1 heterocycles. The van der Waals surface area contributed by atoms with E-state index >= 15 is 0 Å². The van der Waals surface area contributed by atoms with Gasteiger partial charge in [-0.15, -0.1) is 10.2 Å². The van der Waals surface area contributed by atoms with Gasteiger partial charge in [0.15, 0.2) is 5.82 Å². The molecule has 0 fully saturated rings. The van der Waals surface area contributed by atoms with Crippen molar-refractivity contribution >= 4 is 29.0 Å². The third-order valence-electron chi connectivity index (χ3n) is 4.01. The number of halogens is 2. The Balaban J connectivity index is 1.70. The number of nitrogen functional groups attached to an aromatic ring is 1. The number of amides is 1. The topological polar surface area (TPSA) is 138 Å². The molecular formula is C18H16F2N6O4S. The van der Waals surface area contributed by atoms with Crippen molar-refractivity contribution in [1.82, 2.24) is 14.9 Å². The third-order valence-corrected chi connectivity index (χ3v) is 5.07. The number of alkyl halides is 2. The van der Waals surface area contributed by atoms with Gasteiger partial charge < -0.3 is 15.9 Å². The molecule has 0 bridgehead atoms. The molecule has 0 aliphatic heterocycles. The Morgan fingerprint density at radius 3 is 2.55 bits per heavy atom. The number of benzene rings is 2. The molecule has 0 spiro atoms. The molecule has 3 rings (SSSR count). The van der Waals surface area contributed by atoms with Crippen molar-refractivity contribution in [1.29, 1.82) is 0 Å². The molecule has 0 unspecified atom stereocenters. The average molecular weight is 450 g/mol. The second-order valence-corrected chi connectivity index (χ2v) is 7.41. The maximum Gasteiger partial charge on any atom is 0.387 e. The van der Waals surface area contributed by atoms with E-state index < -0.39 is 22.7 Å². The number of nitro benzene ring substituents is 1. The van der Waals surface area contributed by atoms with Crippen molar-refractivity contribution in [3.05, 3.63) is 58.6 Å². The van der Waals surface area contributed by atoms with Crippen LogP contribution in [-0.4, -0.2) is 37.6 Å². The minimum absolute atomic E-state index is 0.0169. The SMILES string of the molecule is C[C@@H](Sc1nnc(-c2ccc(OC(F)F)cc2)n1N)C(=O)Nc1ccccc1[N+](=O)[O-]. The number of nitrogens with two attached hydrogens (primary N) is 1. The van der Waals surface area contributed by atoms with E-state index in [2.05, 4.69) is 20.3 Å². The van der Waals surface area contributed by atoms with Gasteiger partial charge in [-0.1, -0.05) is 23.9 Å². The fourth-order valence-electron chi connectivity index (χ4n) is 2.52. The summed E-state index contributed by atoms with van der Waals surface area (Å²) >= 11 is 0.997. The molecule has 3 N–H and O–H groups in total. The Kier molecular flexibility index (Phi) is 6.65. The Bertz CT molecular complexity index is 1090. The molecule has 31 heavy (non-hydrogen) atoms. The zero-order chi connectivity index (χ0) is 22.5. The largest absolute Gasteiger partial charge is 0.435 e. The van der Waals surface area contributed by atoms with Crippen LogP contribution in [0.3, 0.4) is 0 Å². The van der Waals surface area contributed by atoms with E-state index in [1.165, 1.54) is 42.5 Å². The van der Waals surface area contributed by atoms with Crippen LogP contribution >= 0.6 is 11.8 Å². The first-order valence-corrected chi connectivity index (χ1v) is 9.61. The minimum atomic E-state index is -2.93. The lowest BCUT2D eigenvalue weighted by atomic mass is 10.2. The van der Waals surface area contributed by atoms with Gasteiger partial charge in [0.2, 0.25) is 11.1 Å². The van der Waals surface area contributed by atoms with Crippen molar-refractivity contribution in [3.8, 4) is 17.1 Å². The summed E-state index contributed by atoms with van der Waals surface area (Å²) < 4.78 is 30.0. The van der Waals surface area contributed by atoms with Gasteiger partial charge in [-0.25, -0.2) is 4.68 Å². The Morgan fingerprint density at radius 2 is 1.90 bits per heavy atom. The van der Waals surface area contributed by atoms with Gasteiger partial charge in [-0.2, -0.15) is 8.78 Å². The molecule has 0 aliphatic rings. The minimum Gasteiger partial charge on any atom is -0.435 e. The molecule has 10 nitrogen and oxygen atoms in total. The average Bonchev–Trinajstić information content (AvgIpc) is 3.08. The van der Waals surface area contributed by atoms with E-state index in [0.29, 0.717) is 5.56 Å². The van der Waals surface area contributed by atoms with Gasteiger partial charge in [-0.3, -0.25) is 14.9 Å². The lowest BCUT2D eigenvalue weighted by Gasteiger charge is -2.11. The number of nitrogens with zero attached hydrogens (tertiary/aromatic N) is 4. The highest BCUT2D eigenvalue weighted by Gasteiger charge is 2.22. The molecular weight excluding hydrogens is 434 g/mol. The molecule has 2 aromatic carbocycles. The number of nitrogens with one attached hydrogen (secondary N) is 1. The molecule has 0 saturated heterocycles. The standard InChI is InChI=1S/C18H16F2N6O4S/c1-10(16(27)22-13-4-2-3-5-14(13)26(28)29)31-18-24-23-15(25(18)21)11-6-8-12(9-7-11)30-17(19)20/h2-10,17H,21H2,1H3,(H,22,27)/t10-/m1/s1. The highest BCUT2D eigenvalue weighted by Crippen LogP contribution is 2.28. The van der Waals surface area contributed by atoms with Crippen LogP contribution < -0.4 is 15.9 Å². The van der Waals surface area contributed by atoms with Crippen molar-refractivity contribution < 1.29 is 23.2 Å². The van der Waals surface area contributed by atoms with Crippen LogP contribution in [0.2, 0.25) is 0 Å². The van der Waals surface area contributed by atoms with E-state index in [-0.39, 0.29) is 28.1 Å². The zero-order valence-corrected chi connectivity index (χ0v) is 16.8. The second kappa shape index (κ2) is 9.38. The Hall–Kier alpha value is -3.74. The first-order valence-electron chi connectivity index (χ1n) is 8.73. The highest BCUT2D eigenvalue weighted by atomic mass is 32.2. The number of anilines is 1. The first-order chi connectivity index (χ1) is 14.8. The molecule has 1 aromatic heterocycles. The van der Waals surface area contributed by atoms with E-state index in [4.69, 9.17) is 5.84 Å². The van der Waals surface area contributed by atoms with Crippen LogP contribution in [0.15, 0.2) is 53.7 Å². The third kappa shape index (κ3) is 5.25. The summed E-state index contributed by atoms with van der Waals surface area (Å²) in [6.07, 6.45) is 0. The van der Waals surface area contributed by atoms with Crippen LogP contribution in [-0.2, 0) is 4.79 Å². The summed E-state index contributed by atoms with van der Waals surface area (Å²) in [5.41, 5.74) is 0.350. The van der Waals surface area contributed by atoms with E-state index in [1.807, 2.05) is 0 Å². The van der Waals surface area contributed by atoms with Crippen molar-refractivity contribution in [2.24, 2.45) is 0 Å². The van der Waals surface area contributed by atoms with Crippen LogP contribution in [0.5, 0.6) is 5.75 Å². The summed E-state index contributed by atoms with van der Waals surface area (Å²) in [6, 6.07) is 11.4. The number of ether oxygens (including phenoxy) is 1. The number of hydrogen-bond donors (Lipinski definition) is 2. The molecule has 162 valence electrons. The smallest absolute Gasteiger partial charge is 0.387 e. The van der Waals surface area contributed by atoms with E-state index in [9.17, 15) is 23.7 Å². The lowest BCUT2D eigenvalue weighted by Crippen LogP contribution is -2.24. The molecule has 1 atom stereocenters. The molecule has 0 radical (unpaired) electrons. The van der Waals surface area contributed by atoms with Gasteiger partial charge in [0.1, 0.15) is 11.4 Å². The molecule has 3 aromatic rings. The van der Waals surface area contributed by atoms with Crippen LogP contribution in [0.1, 0.15) is 6.92 Å². The van der Waals surface area contributed by atoms with Crippen molar-refractivity contribution in [2.45, 2.75) is 23.9 Å². The Morgan fingerprint density at radius 1 is 1.23 bits per heavy atom. The molecule has 1 amide bonds. The van der Waals surface area contributed by atoms with E-state index in [1.54, 1.807) is 13.0 Å². The number of carbonyl (C=O) groups excluding carboxylic acids is 1. The Labute approximate surface area is 178 Å². The first kappa shape index (κ1) is 22.0. The van der Waals surface area contributed by atoms with Gasteiger partial charge in [0.05, 0.1) is 10.2 Å². The summed E-state index contributed by atoms with van der Waals surface area (Å²) in [5, 5.41) is 21.0. The predicted molar refractivity (Wildman–Crippen MR) is 109 cm³/mol. The summed E-state index contributed by atoms with van der Waals surface area (Å²) in [7, 11) is 0. The number of aromatic nitrogens is 3. The molecule has 0 aliphatic carbocycles. The second-order valence-electron chi connectivity index (χ2n) is 6.10. The zero-order valence-electron chi connectivity index (χ0n) is 15.9. The molecule has 13 heteroatoms. The maximum atomic E-state index is 12.5. The number of hydrogen-bond acceptors (Lipinski definition) is 8. The number of thioether (sulfide) groups is 1. The highest BCUT2D eigenvalue weighted by molar-refractivity contribution is 8.00. The lowest BCUT2D eigenvalue weighted by molar-refractivity contribution is -0.383. The van der Waals surface area contributed by atoms with Gasteiger partial charge in [-0.05, 0) is 37.3 Å². The number of carbonyl (C=O) groups is 1. The van der Waals surface area contributed by atoms with Gasteiger partial charge in [0, 0.05) is 11.6 Å². The summed E-state index contributed by atoms with van der Waals surface area (Å²) in [6.45, 7) is -1.35. The van der Waals surface area contributed by atoms with Gasteiger partial charge >= 0.3 is 6.61 Å². The van der Waals surface area contributed by atoms with Crippen LogP contribution in [0.4, 0.5) is 20.2 Å². The summed E-state index contributed by atoms with van der Waals surface area (Å²) in [5.74, 6) is 5.76. The maximum absolute atomic E-state index is 12.5. The van der Waals surface area contributed by atoms with Crippen LogP contribution in [0, 0.1) is 10.1 Å². The van der Waals surface area contributed by atoms with Crippen molar-refractivity contribution in [3.63, 3.8) is 0 Å². The summed E-state index contributed by atoms with van der Waals surface area (Å²) in [4.78, 5) is 23.0. The van der Waals surface area contributed by atoms with Crippen LogP contribution in [0.25, 0.3) is 11.4 Å². The molecule has 0 saturated carbocycles. The monoisotopic (exact) mass is 450 g/mol.